The number of hydrogen-bond acceptors (Lipinski definition) is 3. The van der Waals surface area contributed by atoms with Gasteiger partial charge in [0.1, 0.15) is 6.17 Å². The third kappa shape index (κ3) is 2.24. The first kappa shape index (κ1) is 13.9. The Kier molecular flexibility index (Phi) is 3.45. The molecule has 1 N–H and O–H groups in total. The Morgan fingerprint density at radius 1 is 1.32 bits per heavy atom. The van der Waals surface area contributed by atoms with Gasteiger partial charge in [0.05, 0.1) is 36.1 Å². The molecule has 5 heteroatoms. The Morgan fingerprint density at radius 3 is 2.95 bits per heavy atom. The van der Waals surface area contributed by atoms with Crippen LogP contribution in [0.1, 0.15) is 43.8 Å². The molecule has 2 unspecified atom stereocenters. The summed E-state index contributed by atoms with van der Waals surface area (Å²) in [6.07, 6.45) is 7.72. The van der Waals surface area contributed by atoms with Crippen molar-refractivity contribution in [3.8, 4) is 11.3 Å². The van der Waals surface area contributed by atoms with Crippen molar-refractivity contribution in [2.75, 3.05) is 0 Å². The maximum absolute atomic E-state index is 14.8. The number of imidazole rings is 1. The predicted octanol–water partition coefficient (Wildman–Crippen LogP) is 3.13. The standard InChI is InChI=1S/C17H20FN3O/c18-14(11-3-5-12(22)6-4-11)8-15-17-13(2-1-7-20-17)16-9-19-10-21(15)16/h1-2,7,9-12,14-15,22H,3-6,8H2. The van der Waals surface area contributed by atoms with Gasteiger partial charge >= 0.3 is 0 Å². The average molecular weight is 301 g/mol. The predicted molar refractivity (Wildman–Crippen MR) is 81.1 cm³/mol. The summed E-state index contributed by atoms with van der Waals surface area (Å²) in [6.45, 7) is 0. The van der Waals surface area contributed by atoms with Gasteiger partial charge in [0.15, 0.2) is 0 Å². The van der Waals surface area contributed by atoms with E-state index in [2.05, 4.69) is 9.97 Å². The van der Waals surface area contributed by atoms with Crippen LogP contribution in [0.5, 0.6) is 0 Å². The quantitative estimate of drug-likeness (QED) is 0.947. The Balaban J connectivity index is 1.56. The van der Waals surface area contributed by atoms with Gasteiger partial charge in [-0.1, -0.05) is 0 Å². The highest BCUT2D eigenvalue weighted by Crippen LogP contribution is 2.42. The van der Waals surface area contributed by atoms with Gasteiger partial charge in [-0.25, -0.2) is 9.37 Å². The van der Waals surface area contributed by atoms with Crippen molar-refractivity contribution < 1.29 is 9.50 Å². The summed E-state index contributed by atoms with van der Waals surface area (Å²) < 4.78 is 16.9. The second-order valence-electron chi connectivity index (χ2n) is 6.46. The number of aliphatic hydroxyl groups is 1. The Morgan fingerprint density at radius 2 is 2.14 bits per heavy atom. The summed E-state index contributed by atoms with van der Waals surface area (Å²) in [4.78, 5) is 8.68. The zero-order valence-corrected chi connectivity index (χ0v) is 12.4. The minimum absolute atomic E-state index is 0.0585. The van der Waals surface area contributed by atoms with E-state index in [0.29, 0.717) is 6.42 Å². The highest BCUT2D eigenvalue weighted by atomic mass is 19.1. The summed E-state index contributed by atoms with van der Waals surface area (Å²) >= 11 is 0. The Bertz CT molecular complexity index is 663. The summed E-state index contributed by atoms with van der Waals surface area (Å²) in [5, 5.41) is 9.58. The molecule has 0 spiro atoms. The molecule has 2 aromatic rings. The minimum atomic E-state index is -0.860. The van der Waals surface area contributed by atoms with E-state index < -0.39 is 6.17 Å². The van der Waals surface area contributed by atoms with Gasteiger partial charge in [-0.15, -0.1) is 0 Å². The summed E-state index contributed by atoms with van der Waals surface area (Å²) in [7, 11) is 0. The van der Waals surface area contributed by atoms with Crippen LogP contribution in [0.2, 0.25) is 0 Å². The molecule has 116 valence electrons. The molecule has 0 saturated heterocycles. The molecule has 2 atom stereocenters. The lowest BCUT2D eigenvalue weighted by molar-refractivity contribution is 0.0737. The van der Waals surface area contributed by atoms with Crippen LogP contribution in [0.4, 0.5) is 4.39 Å². The zero-order chi connectivity index (χ0) is 15.1. The Labute approximate surface area is 129 Å². The van der Waals surface area contributed by atoms with E-state index in [0.717, 1.165) is 42.6 Å². The lowest BCUT2D eigenvalue weighted by Crippen LogP contribution is -2.27. The lowest BCUT2D eigenvalue weighted by Gasteiger charge is -2.29. The van der Waals surface area contributed by atoms with Gasteiger partial charge in [0.25, 0.3) is 0 Å². The van der Waals surface area contributed by atoms with E-state index in [1.54, 1.807) is 12.5 Å². The molecule has 0 aromatic carbocycles. The zero-order valence-electron chi connectivity index (χ0n) is 12.4. The van der Waals surface area contributed by atoms with Gasteiger partial charge < -0.3 is 9.67 Å². The van der Waals surface area contributed by atoms with E-state index in [-0.39, 0.29) is 18.1 Å². The number of pyridine rings is 1. The minimum Gasteiger partial charge on any atom is -0.393 e. The summed E-state index contributed by atoms with van der Waals surface area (Å²) in [6, 6.07) is 3.88. The first-order valence-electron chi connectivity index (χ1n) is 8.03. The second kappa shape index (κ2) is 5.47. The first-order valence-corrected chi connectivity index (χ1v) is 8.03. The number of rotatable bonds is 3. The number of halogens is 1. The van der Waals surface area contributed by atoms with Crippen LogP contribution in [-0.2, 0) is 0 Å². The SMILES string of the molecule is OC1CCC(C(F)CC2c3ncccc3-c3cncn32)CC1. The third-order valence-electron chi connectivity index (χ3n) is 5.13. The van der Waals surface area contributed by atoms with Crippen molar-refractivity contribution in [2.45, 2.75) is 50.4 Å². The van der Waals surface area contributed by atoms with Crippen molar-refractivity contribution >= 4 is 0 Å². The van der Waals surface area contributed by atoms with E-state index in [1.807, 2.05) is 22.9 Å². The lowest BCUT2D eigenvalue weighted by atomic mass is 9.82. The van der Waals surface area contributed by atoms with Gasteiger partial charge in [0, 0.05) is 18.2 Å². The number of aromatic nitrogens is 3. The topological polar surface area (TPSA) is 50.9 Å². The van der Waals surface area contributed by atoms with Crippen molar-refractivity contribution in [1.82, 2.24) is 14.5 Å². The molecular formula is C17H20FN3O. The molecule has 22 heavy (non-hydrogen) atoms. The van der Waals surface area contributed by atoms with E-state index >= 15 is 0 Å². The van der Waals surface area contributed by atoms with Crippen LogP contribution in [0.3, 0.4) is 0 Å². The van der Waals surface area contributed by atoms with Crippen molar-refractivity contribution in [1.29, 1.82) is 0 Å². The number of fused-ring (bicyclic) bond motifs is 3. The molecule has 0 amide bonds. The molecule has 3 heterocycles. The van der Waals surface area contributed by atoms with E-state index in [9.17, 15) is 9.50 Å². The molecule has 2 aliphatic rings. The molecule has 1 aliphatic heterocycles. The summed E-state index contributed by atoms with van der Waals surface area (Å²) in [5.41, 5.74) is 3.05. The maximum Gasteiger partial charge on any atom is 0.105 e. The van der Waals surface area contributed by atoms with Gasteiger partial charge in [-0.05, 0) is 43.7 Å². The average Bonchev–Trinajstić information content (AvgIpc) is 3.11. The number of nitrogens with zero attached hydrogens (tertiary/aromatic N) is 3. The van der Waals surface area contributed by atoms with E-state index in [1.165, 1.54) is 0 Å². The van der Waals surface area contributed by atoms with Crippen LogP contribution < -0.4 is 0 Å². The van der Waals surface area contributed by atoms with Gasteiger partial charge in [-0.3, -0.25) is 4.98 Å². The van der Waals surface area contributed by atoms with Crippen LogP contribution >= 0.6 is 0 Å². The van der Waals surface area contributed by atoms with Crippen molar-refractivity contribution in [2.24, 2.45) is 5.92 Å². The molecule has 0 radical (unpaired) electrons. The molecule has 4 nitrogen and oxygen atoms in total. The van der Waals surface area contributed by atoms with Crippen LogP contribution in [0, 0.1) is 5.92 Å². The van der Waals surface area contributed by atoms with Crippen molar-refractivity contribution in [3.05, 3.63) is 36.5 Å². The highest BCUT2D eigenvalue weighted by molar-refractivity contribution is 5.66. The van der Waals surface area contributed by atoms with E-state index in [4.69, 9.17) is 0 Å². The van der Waals surface area contributed by atoms with Gasteiger partial charge in [0.2, 0.25) is 0 Å². The first-order chi connectivity index (χ1) is 10.7. The fraction of sp³-hybridized carbons (Fsp3) is 0.529. The summed E-state index contributed by atoms with van der Waals surface area (Å²) in [5.74, 6) is 0.0585. The largest absolute Gasteiger partial charge is 0.393 e. The fourth-order valence-corrected chi connectivity index (χ4v) is 3.89. The number of alkyl halides is 1. The normalized spacial score (nSPS) is 28.2. The molecule has 1 fully saturated rings. The molecule has 1 saturated carbocycles. The molecule has 4 rings (SSSR count). The molecule has 1 aliphatic carbocycles. The highest BCUT2D eigenvalue weighted by Gasteiger charge is 2.35. The van der Waals surface area contributed by atoms with Crippen LogP contribution in [0.15, 0.2) is 30.9 Å². The van der Waals surface area contributed by atoms with Crippen LogP contribution in [-0.4, -0.2) is 31.9 Å². The molecular weight excluding hydrogens is 281 g/mol. The fourth-order valence-electron chi connectivity index (χ4n) is 3.89. The van der Waals surface area contributed by atoms with Crippen molar-refractivity contribution in [3.63, 3.8) is 0 Å². The smallest absolute Gasteiger partial charge is 0.105 e. The molecule has 2 aromatic heterocycles. The number of hydrogen-bond donors (Lipinski definition) is 1. The van der Waals surface area contributed by atoms with Gasteiger partial charge in [-0.2, -0.15) is 0 Å². The Hall–Kier alpha value is -1.75. The second-order valence-corrected chi connectivity index (χ2v) is 6.46. The third-order valence-corrected chi connectivity index (χ3v) is 5.13. The monoisotopic (exact) mass is 301 g/mol. The number of aliphatic hydroxyl groups excluding tert-OH is 1. The van der Waals surface area contributed by atoms with Crippen LogP contribution in [0.25, 0.3) is 11.3 Å². The maximum atomic E-state index is 14.8. The molecule has 0 bridgehead atoms.